The van der Waals surface area contributed by atoms with Crippen molar-refractivity contribution in [1.82, 2.24) is 0 Å². The Balaban J connectivity index is 1.94. The number of aliphatic hydroxyl groups is 1. The molecule has 1 N–H and O–H groups in total. The van der Waals surface area contributed by atoms with Crippen LogP contribution in [0.25, 0.3) is 0 Å². The smallest absolute Gasteiger partial charge is 0.130 e. The molecule has 2 heterocycles. The minimum Gasteiger partial charge on any atom is -0.383 e. The van der Waals surface area contributed by atoms with Crippen molar-refractivity contribution < 1.29 is 9.50 Å². The van der Waals surface area contributed by atoms with Gasteiger partial charge >= 0.3 is 0 Å². The van der Waals surface area contributed by atoms with Crippen LogP contribution in [0.4, 0.5) is 4.39 Å². The molecule has 3 rings (SSSR count). The Morgan fingerprint density at radius 2 is 2.16 bits per heavy atom. The van der Waals surface area contributed by atoms with Gasteiger partial charge in [0.1, 0.15) is 11.9 Å². The maximum atomic E-state index is 13.8. The van der Waals surface area contributed by atoms with Gasteiger partial charge in [0.25, 0.3) is 0 Å². The second kappa shape index (κ2) is 5.44. The van der Waals surface area contributed by atoms with E-state index in [9.17, 15) is 9.50 Å². The van der Waals surface area contributed by atoms with E-state index in [1.807, 2.05) is 17.8 Å². The fourth-order valence-electron chi connectivity index (χ4n) is 2.18. The highest BCUT2D eigenvalue weighted by molar-refractivity contribution is 7.98. The van der Waals surface area contributed by atoms with Gasteiger partial charge in [-0.25, -0.2) is 4.39 Å². The van der Waals surface area contributed by atoms with Gasteiger partial charge in [0, 0.05) is 26.1 Å². The second-order valence-electron chi connectivity index (χ2n) is 4.47. The third kappa shape index (κ3) is 2.68. The number of hydrogen-bond donors (Lipinski definition) is 1. The Hall–Kier alpha value is -0.550. The average molecular weight is 315 g/mol. The molecule has 0 radical (unpaired) electrons. The molecular formula is C14H12ClFOS2. The lowest BCUT2D eigenvalue weighted by Gasteiger charge is -2.10. The van der Waals surface area contributed by atoms with E-state index in [0.717, 1.165) is 22.8 Å². The minimum atomic E-state index is -0.905. The second-order valence-corrected chi connectivity index (χ2v) is 7.18. The molecule has 0 spiro atoms. The van der Waals surface area contributed by atoms with Crippen LogP contribution in [0.1, 0.15) is 27.0 Å². The van der Waals surface area contributed by atoms with Crippen molar-refractivity contribution in [2.24, 2.45) is 0 Å². The number of aliphatic hydroxyl groups excluding tert-OH is 1. The zero-order valence-corrected chi connectivity index (χ0v) is 12.4. The van der Waals surface area contributed by atoms with E-state index in [-0.39, 0.29) is 5.56 Å². The molecular weight excluding hydrogens is 303 g/mol. The lowest BCUT2D eigenvalue weighted by atomic mass is 10.1. The maximum absolute atomic E-state index is 13.8. The lowest BCUT2D eigenvalue weighted by Crippen LogP contribution is -2.00. The molecule has 100 valence electrons. The summed E-state index contributed by atoms with van der Waals surface area (Å²) in [4.78, 5) is 2.14. The van der Waals surface area contributed by atoms with Gasteiger partial charge in [0.2, 0.25) is 0 Å². The van der Waals surface area contributed by atoms with E-state index in [2.05, 4.69) is 0 Å². The number of halogens is 2. The van der Waals surface area contributed by atoms with Gasteiger partial charge in [-0.05, 0) is 35.9 Å². The van der Waals surface area contributed by atoms with Crippen LogP contribution in [0.15, 0.2) is 24.3 Å². The topological polar surface area (TPSA) is 20.2 Å². The summed E-state index contributed by atoms with van der Waals surface area (Å²) in [5.41, 5.74) is 1.57. The van der Waals surface area contributed by atoms with Crippen molar-refractivity contribution in [3.05, 3.63) is 56.0 Å². The number of fused-ring (bicyclic) bond motifs is 1. The van der Waals surface area contributed by atoms with Crippen LogP contribution in [0.3, 0.4) is 0 Å². The molecule has 1 aliphatic heterocycles. The summed E-state index contributed by atoms with van der Waals surface area (Å²) < 4.78 is 13.8. The number of thiophene rings is 1. The van der Waals surface area contributed by atoms with Crippen molar-refractivity contribution in [2.75, 3.05) is 5.75 Å². The number of benzene rings is 1. The summed E-state index contributed by atoms with van der Waals surface area (Å²) >= 11 is 9.21. The van der Waals surface area contributed by atoms with E-state index in [1.165, 1.54) is 16.5 Å². The molecule has 0 saturated heterocycles. The average Bonchev–Trinajstić information content (AvgIpc) is 2.81. The third-order valence-electron chi connectivity index (χ3n) is 3.17. The summed E-state index contributed by atoms with van der Waals surface area (Å²) in [7, 11) is 0. The molecule has 0 amide bonds. The molecule has 1 aromatic heterocycles. The van der Waals surface area contributed by atoms with Gasteiger partial charge in [-0.2, -0.15) is 11.8 Å². The van der Waals surface area contributed by atoms with Crippen LogP contribution in [-0.4, -0.2) is 10.9 Å². The van der Waals surface area contributed by atoms with Gasteiger partial charge in [0.15, 0.2) is 0 Å². The molecule has 1 atom stereocenters. The Morgan fingerprint density at radius 3 is 2.89 bits per heavy atom. The number of hydrogen-bond acceptors (Lipinski definition) is 3. The molecule has 0 bridgehead atoms. The molecule has 2 aromatic rings. The molecule has 0 fully saturated rings. The maximum Gasteiger partial charge on any atom is 0.130 e. The highest BCUT2D eigenvalue weighted by atomic mass is 35.5. The van der Waals surface area contributed by atoms with E-state index in [1.54, 1.807) is 23.5 Å². The van der Waals surface area contributed by atoms with Crippen LogP contribution in [0.5, 0.6) is 0 Å². The van der Waals surface area contributed by atoms with Gasteiger partial charge < -0.3 is 5.11 Å². The van der Waals surface area contributed by atoms with Gasteiger partial charge in [-0.15, -0.1) is 11.3 Å². The van der Waals surface area contributed by atoms with Crippen LogP contribution >= 0.6 is 34.7 Å². The summed E-state index contributed by atoms with van der Waals surface area (Å²) in [5.74, 6) is 1.65. The van der Waals surface area contributed by atoms with E-state index in [0.29, 0.717) is 5.02 Å². The van der Waals surface area contributed by atoms with Crippen LogP contribution < -0.4 is 0 Å². The summed E-state index contributed by atoms with van der Waals surface area (Å²) in [6, 6.07) is 6.40. The Kier molecular flexibility index (Phi) is 3.85. The Labute approximate surface area is 124 Å². The highest BCUT2D eigenvalue weighted by Gasteiger charge is 2.21. The molecule has 19 heavy (non-hydrogen) atoms. The fraction of sp³-hybridized carbons (Fsp3) is 0.286. The molecule has 5 heteroatoms. The first-order chi connectivity index (χ1) is 9.15. The molecule has 1 nitrogen and oxygen atoms in total. The van der Waals surface area contributed by atoms with Gasteiger partial charge in [-0.3, -0.25) is 0 Å². The SMILES string of the molecule is OC(c1cc2c(s1)CCSC2)c1ccc(Cl)cc1F. The van der Waals surface area contributed by atoms with Crippen LogP contribution in [-0.2, 0) is 12.2 Å². The third-order valence-corrected chi connectivity index (χ3v) is 5.71. The molecule has 0 aliphatic carbocycles. The number of thioether (sulfide) groups is 1. The zero-order valence-electron chi connectivity index (χ0n) is 10.0. The van der Waals surface area contributed by atoms with Crippen LogP contribution in [0, 0.1) is 5.82 Å². The van der Waals surface area contributed by atoms with Gasteiger partial charge in [0.05, 0.1) is 0 Å². The fourth-order valence-corrected chi connectivity index (χ4v) is 4.72. The summed E-state index contributed by atoms with van der Waals surface area (Å²) in [6.07, 6.45) is 0.137. The first-order valence-corrected chi connectivity index (χ1v) is 8.32. The first-order valence-electron chi connectivity index (χ1n) is 5.97. The van der Waals surface area contributed by atoms with Crippen LogP contribution in [0.2, 0.25) is 5.02 Å². The van der Waals surface area contributed by atoms with Crippen molar-refractivity contribution in [1.29, 1.82) is 0 Å². The van der Waals surface area contributed by atoms with Crippen molar-refractivity contribution >= 4 is 34.7 Å². The summed E-state index contributed by atoms with van der Waals surface area (Å²) in [6.45, 7) is 0. The minimum absolute atomic E-state index is 0.288. The highest BCUT2D eigenvalue weighted by Crippen LogP contribution is 2.37. The molecule has 1 unspecified atom stereocenters. The van der Waals surface area contributed by atoms with Crippen molar-refractivity contribution in [3.63, 3.8) is 0 Å². The standard InChI is InChI=1S/C14H12ClFOS2/c15-9-1-2-10(11(16)6-9)14(17)13-5-8-7-18-4-3-12(8)19-13/h1-2,5-6,14,17H,3-4,7H2. The van der Waals surface area contributed by atoms with E-state index in [4.69, 9.17) is 11.6 Å². The monoisotopic (exact) mass is 314 g/mol. The lowest BCUT2D eigenvalue weighted by molar-refractivity contribution is 0.218. The largest absolute Gasteiger partial charge is 0.383 e. The normalized spacial score (nSPS) is 16.2. The molecule has 0 saturated carbocycles. The van der Waals surface area contributed by atoms with Gasteiger partial charge in [-0.1, -0.05) is 17.7 Å². The van der Waals surface area contributed by atoms with Crippen molar-refractivity contribution in [3.8, 4) is 0 Å². The number of aryl methyl sites for hydroxylation is 1. The molecule has 1 aliphatic rings. The predicted octanol–water partition coefficient (Wildman–Crippen LogP) is 4.41. The van der Waals surface area contributed by atoms with E-state index < -0.39 is 11.9 Å². The first kappa shape index (κ1) is 13.4. The zero-order chi connectivity index (χ0) is 13.4. The quantitative estimate of drug-likeness (QED) is 0.886. The number of rotatable bonds is 2. The summed E-state index contributed by atoms with van der Waals surface area (Å²) in [5, 5.41) is 10.7. The predicted molar refractivity (Wildman–Crippen MR) is 79.7 cm³/mol. The Bertz CT molecular complexity index is 588. The molecule has 1 aromatic carbocycles. The Morgan fingerprint density at radius 1 is 1.32 bits per heavy atom. The van der Waals surface area contributed by atoms with E-state index >= 15 is 0 Å². The van der Waals surface area contributed by atoms with Crippen molar-refractivity contribution in [2.45, 2.75) is 18.3 Å².